The highest BCUT2D eigenvalue weighted by atomic mass is 16.5. The maximum Gasteiger partial charge on any atom is 0.0471 e. The highest BCUT2D eigenvalue weighted by molar-refractivity contribution is 4.83. The fourth-order valence-corrected chi connectivity index (χ4v) is 1.57. The summed E-state index contributed by atoms with van der Waals surface area (Å²) in [6, 6.07) is 0.820. The molecule has 0 aliphatic heterocycles. The number of rotatable bonds is 9. The van der Waals surface area contributed by atoms with Gasteiger partial charge < -0.3 is 10.1 Å². The van der Waals surface area contributed by atoms with Crippen LogP contribution in [0.2, 0.25) is 0 Å². The van der Waals surface area contributed by atoms with E-state index >= 15 is 0 Å². The summed E-state index contributed by atoms with van der Waals surface area (Å²) in [5, 5.41) is 3.60. The van der Waals surface area contributed by atoms with Crippen molar-refractivity contribution in [1.82, 2.24) is 5.32 Å². The lowest BCUT2D eigenvalue weighted by atomic mass is 9.90. The van der Waals surface area contributed by atoms with Gasteiger partial charge in [-0.05, 0) is 37.0 Å². The van der Waals surface area contributed by atoms with Crippen LogP contribution in [-0.2, 0) is 4.74 Å². The summed E-state index contributed by atoms with van der Waals surface area (Å²) in [4.78, 5) is 0. The van der Waals surface area contributed by atoms with Gasteiger partial charge in [0.1, 0.15) is 0 Å². The van der Waals surface area contributed by atoms with Crippen LogP contribution in [0.4, 0.5) is 0 Å². The summed E-state index contributed by atoms with van der Waals surface area (Å²) in [6.07, 6.45) is 5.09. The van der Waals surface area contributed by atoms with E-state index in [9.17, 15) is 0 Å². The first-order valence-corrected chi connectivity index (χ1v) is 6.81. The third-order valence-electron chi connectivity index (χ3n) is 3.21. The molecule has 2 nitrogen and oxygen atoms in total. The minimum absolute atomic E-state index is 0.375. The molecule has 96 valence electrons. The second-order valence-corrected chi connectivity index (χ2v) is 6.36. The van der Waals surface area contributed by atoms with Crippen LogP contribution in [0.1, 0.15) is 53.4 Å². The summed E-state index contributed by atoms with van der Waals surface area (Å²) >= 11 is 0. The van der Waals surface area contributed by atoms with Gasteiger partial charge in [-0.15, -0.1) is 0 Å². The topological polar surface area (TPSA) is 21.3 Å². The number of hydrogen-bond donors (Lipinski definition) is 1. The highest BCUT2D eigenvalue weighted by Crippen LogP contribution is 2.24. The van der Waals surface area contributed by atoms with Gasteiger partial charge in [0.2, 0.25) is 0 Å². The Morgan fingerprint density at radius 2 is 1.94 bits per heavy atom. The van der Waals surface area contributed by atoms with Gasteiger partial charge in [-0.25, -0.2) is 0 Å². The minimum Gasteiger partial charge on any atom is -0.381 e. The van der Waals surface area contributed by atoms with Gasteiger partial charge in [0.25, 0.3) is 0 Å². The van der Waals surface area contributed by atoms with Crippen LogP contribution >= 0.6 is 0 Å². The molecule has 0 heterocycles. The molecule has 0 atom stereocenters. The molecular formula is C14H29NO. The van der Waals surface area contributed by atoms with Crippen molar-refractivity contribution in [3.8, 4) is 0 Å². The van der Waals surface area contributed by atoms with Crippen molar-refractivity contribution in [1.29, 1.82) is 0 Å². The molecule has 1 fully saturated rings. The smallest absolute Gasteiger partial charge is 0.0471 e. The molecule has 0 saturated heterocycles. The standard InChI is InChI=1S/C14H29NO/c1-12(2)7-9-16-10-8-14(3,4)11-15-13-5-6-13/h12-13,15H,5-11H2,1-4H3. The molecule has 0 aromatic carbocycles. The minimum atomic E-state index is 0.375. The molecular weight excluding hydrogens is 198 g/mol. The highest BCUT2D eigenvalue weighted by Gasteiger charge is 2.24. The summed E-state index contributed by atoms with van der Waals surface area (Å²) in [5.74, 6) is 0.754. The SMILES string of the molecule is CC(C)CCOCCC(C)(C)CNC1CC1. The Labute approximate surface area is 101 Å². The molecule has 1 saturated carbocycles. The molecule has 0 aromatic rings. The van der Waals surface area contributed by atoms with Crippen molar-refractivity contribution in [2.24, 2.45) is 11.3 Å². The molecule has 0 radical (unpaired) electrons. The van der Waals surface area contributed by atoms with E-state index in [2.05, 4.69) is 33.0 Å². The average molecular weight is 227 g/mol. The maximum atomic E-state index is 5.67. The van der Waals surface area contributed by atoms with Crippen LogP contribution in [0, 0.1) is 11.3 Å². The Bertz CT molecular complexity index is 185. The van der Waals surface area contributed by atoms with Crippen LogP contribution in [0.5, 0.6) is 0 Å². The largest absolute Gasteiger partial charge is 0.381 e. The fraction of sp³-hybridized carbons (Fsp3) is 1.00. The van der Waals surface area contributed by atoms with Crippen LogP contribution in [0.15, 0.2) is 0 Å². The lowest BCUT2D eigenvalue weighted by molar-refractivity contribution is 0.0953. The third kappa shape index (κ3) is 7.24. The second kappa shape index (κ2) is 6.61. The lowest BCUT2D eigenvalue weighted by Crippen LogP contribution is -2.31. The molecule has 0 amide bonds. The zero-order chi connectivity index (χ0) is 12.0. The normalized spacial score (nSPS) is 17.1. The van der Waals surface area contributed by atoms with Gasteiger partial charge in [0.15, 0.2) is 0 Å². The molecule has 16 heavy (non-hydrogen) atoms. The Balaban J connectivity index is 1.96. The first-order valence-electron chi connectivity index (χ1n) is 6.81. The molecule has 0 aromatic heterocycles. The van der Waals surface area contributed by atoms with E-state index in [4.69, 9.17) is 4.74 Å². The number of ether oxygens (including phenoxy) is 1. The van der Waals surface area contributed by atoms with E-state index in [-0.39, 0.29) is 0 Å². The average Bonchev–Trinajstić information content (AvgIpc) is 2.97. The summed E-state index contributed by atoms with van der Waals surface area (Å²) in [7, 11) is 0. The van der Waals surface area contributed by atoms with Crippen LogP contribution in [-0.4, -0.2) is 25.8 Å². The van der Waals surface area contributed by atoms with Crippen molar-refractivity contribution < 1.29 is 4.74 Å². The lowest BCUT2D eigenvalue weighted by Gasteiger charge is -2.25. The molecule has 0 bridgehead atoms. The van der Waals surface area contributed by atoms with Gasteiger partial charge in [-0.3, -0.25) is 0 Å². The summed E-state index contributed by atoms with van der Waals surface area (Å²) in [5.41, 5.74) is 0.375. The molecule has 0 unspecified atom stereocenters. The third-order valence-corrected chi connectivity index (χ3v) is 3.21. The Morgan fingerprint density at radius 1 is 1.25 bits per heavy atom. The van der Waals surface area contributed by atoms with Gasteiger partial charge in [0, 0.05) is 25.8 Å². The summed E-state index contributed by atoms with van der Waals surface area (Å²) < 4.78 is 5.67. The Morgan fingerprint density at radius 3 is 2.50 bits per heavy atom. The number of nitrogens with one attached hydrogen (secondary N) is 1. The van der Waals surface area contributed by atoms with Crippen molar-refractivity contribution in [2.75, 3.05) is 19.8 Å². The Kier molecular flexibility index (Phi) is 5.77. The van der Waals surface area contributed by atoms with Crippen LogP contribution in [0.25, 0.3) is 0 Å². The Hall–Kier alpha value is -0.0800. The quantitative estimate of drug-likeness (QED) is 0.611. The van der Waals surface area contributed by atoms with Gasteiger partial charge in [0.05, 0.1) is 0 Å². The van der Waals surface area contributed by atoms with Crippen molar-refractivity contribution in [3.63, 3.8) is 0 Å². The van der Waals surface area contributed by atoms with Crippen molar-refractivity contribution in [2.45, 2.75) is 59.4 Å². The molecule has 1 aliphatic carbocycles. The van der Waals surface area contributed by atoms with Crippen LogP contribution in [0.3, 0.4) is 0 Å². The molecule has 1 aliphatic rings. The van der Waals surface area contributed by atoms with E-state index in [1.54, 1.807) is 0 Å². The van der Waals surface area contributed by atoms with Gasteiger partial charge in [-0.1, -0.05) is 27.7 Å². The predicted octanol–water partition coefficient (Wildman–Crippen LogP) is 3.22. The molecule has 1 N–H and O–H groups in total. The van der Waals surface area contributed by atoms with E-state index in [0.717, 1.165) is 38.1 Å². The predicted molar refractivity (Wildman–Crippen MR) is 69.7 cm³/mol. The second-order valence-electron chi connectivity index (χ2n) is 6.36. The first-order chi connectivity index (χ1) is 7.49. The fourth-order valence-electron chi connectivity index (χ4n) is 1.57. The summed E-state index contributed by atoms with van der Waals surface area (Å²) in [6.45, 7) is 12.1. The monoisotopic (exact) mass is 227 g/mol. The van der Waals surface area contributed by atoms with Crippen LogP contribution < -0.4 is 5.32 Å². The van der Waals surface area contributed by atoms with E-state index in [1.807, 2.05) is 0 Å². The zero-order valence-electron chi connectivity index (χ0n) is 11.5. The maximum absolute atomic E-state index is 5.67. The molecule has 1 rings (SSSR count). The molecule has 0 spiro atoms. The van der Waals surface area contributed by atoms with Crippen molar-refractivity contribution >= 4 is 0 Å². The molecule has 2 heteroatoms. The first kappa shape index (κ1) is 14.0. The van der Waals surface area contributed by atoms with Gasteiger partial charge in [-0.2, -0.15) is 0 Å². The van der Waals surface area contributed by atoms with E-state index < -0.39 is 0 Å². The van der Waals surface area contributed by atoms with E-state index in [0.29, 0.717) is 5.41 Å². The van der Waals surface area contributed by atoms with Gasteiger partial charge >= 0.3 is 0 Å². The number of hydrogen-bond acceptors (Lipinski definition) is 2. The van der Waals surface area contributed by atoms with Crippen molar-refractivity contribution in [3.05, 3.63) is 0 Å². The van der Waals surface area contributed by atoms with E-state index in [1.165, 1.54) is 19.3 Å². The zero-order valence-corrected chi connectivity index (χ0v) is 11.5.